The van der Waals surface area contributed by atoms with Crippen molar-refractivity contribution in [1.82, 2.24) is 14.9 Å². The highest BCUT2D eigenvalue weighted by atomic mass is 16.5. The van der Waals surface area contributed by atoms with Crippen LogP contribution in [0.2, 0.25) is 0 Å². The summed E-state index contributed by atoms with van der Waals surface area (Å²) in [5, 5.41) is 6.38. The largest absolute Gasteiger partial charge is 0.496 e. The molecule has 2 N–H and O–H groups in total. The third-order valence-corrected chi connectivity index (χ3v) is 4.96. The zero-order valence-electron chi connectivity index (χ0n) is 16.9. The maximum atomic E-state index is 5.55. The van der Waals surface area contributed by atoms with Gasteiger partial charge in [0.05, 0.1) is 7.11 Å². The predicted molar refractivity (Wildman–Crippen MR) is 111 cm³/mol. The van der Waals surface area contributed by atoms with E-state index in [-0.39, 0.29) is 0 Å². The van der Waals surface area contributed by atoms with Crippen molar-refractivity contribution in [3.63, 3.8) is 0 Å². The van der Waals surface area contributed by atoms with Crippen LogP contribution < -0.4 is 15.4 Å². The van der Waals surface area contributed by atoms with Crippen LogP contribution >= 0.6 is 0 Å². The number of nitrogens with one attached hydrogen (secondary N) is 2. The minimum Gasteiger partial charge on any atom is -0.496 e. The van der Waals surface area contributed by atoms with Crippen LogP contribution in [0.15, 0.2) is 24.3 Å². The Kier molecular flexibility index (Phi) is 6.50. The first-order valence-electron chi connectivity index (χ1n) is 9.77. The van der Waals surface area contributed by atoms with E-state index in [0.29, 0.717) is 5.95 Å². The van der Waals surface area contributed by atoms with E-state index >= 15 is 0 Å². The van der Waals surface area contributed by atoms with E-state index in [2.05, 4.69) is 38.5 Å². The van der Waals surface area contributed by atoms with Crippen molar-refractivity contribution in [3.05, 3.63) is 35.5 Å². The van der Waals surface area contributed by atoms with Crippen molar-refractivity contribution in [1.29, 1.82) is 0 Å². The van der Waals surface area contributed by atoms with Crippen molar-refractivity contribution < 1.29 is 4.74 Å². The number of rotatable bonds is 9. The average molecular weight is 370 g/mol. The highest BCUT2D eigenvalue weighted by Gasteiger charge is 2.21. The fraction of sp³-hybridized carbons (Fsp3) is 0.524. The molecule has 1 aliphatic rings. The fourth-order valence-corrected chi connectivity index (χ4v) is 3.59. The molecule has 2 heterocycles. The van der Waals surface area contributed by atoms with E-state index in [9.17, 15) is 0 Å². The summed E-state index contributed by atoms with van der Waals surface area (Å²) in [5.74, 6) is 3.22. The number of anilines is 3. The highest BCUT2D eigenvalue weighted by molar-refractivity contribution is 5.58. The first-order valence-corrected chi connectivity index (χ1v) is 9.77. The molecule has 3 rings (SSSR count). The second kappa shape index (κ2) is 9.04. The number of nitrogens with zero attached hydrogens (tertiary/aromatic N) is 3. The minimum atomic E-state index is 0.599. The maximum Gasteiger partial charge on any atom is 0.229 e. The molecule has 6 heteroatoms. The third kappa shape index (κ3) is 5.32. The van der Waals surface area contributed by atoms with Gasteiger partial charge in [0.1, 0.15) is 11.6 Å². The number of aryl methyl sites for hydroxylation is 2. The van der Waals surface area contributed by atoms with Crippen LogP contribution in [0.5, 0.6) is 5.75 Å². The molecule has 1 fully saturated rings. The molecular formula is C21H31N5O. The lowest BCUT2D eigenvalue weighted by atomic mass is 10.0. The molecule has 1 saturated heterocycles. The van der Waals surface area contributed by atoms with Crippen molar-refractivity contribution >= 4 is 17.5 Å². The Morgan fingerprint density at radius 2 is 2.00 bits per heavy atom. The molecule has 0 unspecified atom stereocenters. The molecule has 1 aliphatic heterocycles. The average Bonchev–Trinajstić information content (AvgIpc) is 2.63. The molecule has 146 valence electrons. The first kappa shape index (κ1) is 19.4. The second-order valence-electron chi connectivity index (χ2n) is 7.44. The highest BCUT2D eigenvalue weighted by Crippen LogP contribution is 2.26. The fourth-order valence-electron chi connectivity index (χ4n) is 3.59. The van der Waals surface area contributed by atoms with Crippen molar-refractivity contribution in [2.75, 3.05) is 44.4 Å². The van der Waals surface area contributed by atoms with Crippen molar-refractivity contribution in [3.8, 4) is 5.75 Å². The lowest BCUT2D eigenvalue weighted by Gasteiger charge is -2.37. The van der Waals surface area contributed by atoms with Crippen LogP contribution in [0, 0.1) is 12.8 Å². The zero-order valence-corrected chi connectivity index (χ0v) is 16.9. The number of hydrogen-bond donors (Lipinski definition) is 2. The molecule has 0 bridgehead atoms. The lowest BCUT2D eigenvalue weighted by Crippen LogP contribution is -2.45. The SMILES string of the molecule is CNc1cc(C)nc(Nc2ccc(OC)c(CCCCN3CC(C)C3)c2)n1. The summed E-state index contributed by atoms with van der Waals surface area (Å²) in [6.07, 6.45) is 3.40. The molecular weight excluding hydrogens is 338 g/mol. The Hall–Kier alpha value is -2.34. The van der Waals surface area contributed by atoms with Gasteiger partial charge in [0.2, 0.25) is 5.95 Å². The summed E-state index contributed by atoms with van der Waals surface area (Å²) in [6.45, 7) is 8.00. The van der Waals surface area contributed by atoms with E-state index in [0.717, 1.165) is 41.7 Å². The van der Waals surface area contributed by atoms with E-state index in [1.165, 1.54) is 31.6 Å². The molecule has 0 spiro atoms. The zero-order chi connectivity index (χ0) is 19.2. The Bertz CT molecular complexity index is 758. The van der Waals surface area contributed by atoms with Gasteiger partial charge in [-0.3, -0.25) is 0 Å². The van der Waals surface area contributed by atoms with E-state index in [1.807, 2.05) is 32.2 Å². The van der Waals surface area contributed by atoms with E-state index in [4.69, 9.17) is 4.74 Å². The Labute approximate surface area is 162 Å². The third-order valence-electron chi connectivity index (χ3n) is 4.96. The number of unbranched alkanes of at least 4 members (excludes halogenated alkanes) is 1. The number of likely N-dealkylation sites (tertiary alicyclic amines) is 1. The second-order valence-corrected chi connectivity index (χ2v) is 7.44. The van der Waals surface area contributed by atoms with E-state index in [1.54, 1.807) is 7.11 Å². The summed E-state index contributed by atoms with van der Waals surface area (Å²) >= 11 is 0. The van der Waals surface area contributed by atoms with Crippen LogP contribution in [0.25, 0.3) is 0 Å². The number of aromatic nitrogens is 2. The Morgan fingerprint density at radius 1 is 1.19 bits per heavy atom. The van der Waals surface area contributed by atoms with Crippen LogP contribution in [-0.4, -0.2) is 48.7 Å². The number of ether oxygens (including phenoxy) is 1. The van der Waals surface area contributed by atoms with Gasteiger partial charge in [-0.05, 0) is 62.4 Å². The summed E-state index contributed by atoms with van der Waals surface area (Å²) < 4.78 is 5.55. The smallest absolute Gasteiger partial charge is 0.229 e. The Balaban J connectivity index is 1.61. The van der Waals surface area contributed by atoms with Gasteiger partial charge in [-0.2, -0.15) is 4.98 Å². The Morgan fingerprint density at radius 3 is 2.70 bits per heavy atom. The minimum absolute atomic E-state index is 0.599. The molecule has 1 aromatic heterocycles. The van der Waals surface area contributed by atoms with Crippen LogP contribution in [0.1, 0.15) is 31.0 Å². The van der Waals surface area contributed by atoms with Crippen LogP contribution in [0.3, 0.4) is 0 Å². The van der Waals surface area contributed by atoms with Gasteiger partial charge < -0.3 is 20.3 Å². The van der Waals surface area contributed by atoms with Crippen LogP contribution in [0.4, 0.5) is 17.5 Å². The monoisotopic (exact) mass is 369 g/mol. The topological polar surface area (TPSA) is 62.3 Å². The molecule has 27 heavy (non-hydrogen) atoms. The van der Waals surface area contributed by atoms with Gasteiger partial charge >= 0.3 is 0 Å². The first-order chi connectivity index (χ1) is 13.1. The molecule has 0 amide bonds. The van der Waals surface area contributed by atoms with Gasteiger partial charge in [-0.1, -0.05) is 6.92 Å². The van der Waals surface area contributed by atoms with Gasteiger partial charge in [-0.25, -0.2) is 4.98 Å². The maximum absolute atomic E-state index is 5.55. The molecule has 2 aromatic rings. The predicted octanol–water partition coefficient (Wildman–Crippen LogP) is 3.85. The number of hydrogen-bond acceptors (Lipinski definition) is 6. The molecule has 0 atom stereocenters. The number of methoxy groups -OCH3 is 1. The van der Waals surface area contributed by atoms with Gasteiger partial charge in [0.25, 0.3) is 0 Å². The summed E-state index contributed by atoms with van der Waals surface area (Å²) in [7, 11) is 3.59. The summed E-state index contributed by atoms with van der Waals surface area (Å²) in [4.78, 5) is 11.5. The molecule has 0 radical (unpaired) electrons. The summed E-state index contributed by atoms with van der Waals surface area (Å²) in [5.41, 5.74) is 3.13. The van der Waals surface area contributed by atoms with Crippen molar-refractivity contribution in [2.45, 2.75) is 33.1 Å². The molecule has 0 saturated carbocycles. The molecule has 1 aromatic carbocycles. The van der Waals surface area contributed by atoms with E-state index < -0.39 is 0 Å². The van der Waals surface area contributed by atoms with Gasteiger partial charge in [0.15, 0.2) is 0 Å². The van der Waals surface area contributed by atoms with Gasteiger partial charge in [-0.15, -0.1) is 0 Å². The quantitative estimate of drug-likeness (QED) is 0.655. The normalized spacial score (nSPS) is 14.7. The molecule has 6 nitrogen and oxygen atoms in total. The van der Waals surface area contributed by atoms with Gasteiger partial charge in [0, 0.05) is 37.6 Å². The molecule has 0 aliphatic carbocycles. The van der Waals surface area contributed by atoms with Crippen molar-refractivity contribution in [2.24, 2.45) is 5.92 Å². The lowest BCUT2D eigenvalue weighted by molar-refractivity contribution is 0.111. The summed E-state index contributed by atoms with van der Waals surface area (Å²) in [6, 6.07) is 8.09. The number of benzene rings is 1. The standard InChI is InChI=1S/C21H31N5O/c1-15-13-26(14-15)10-6-5-7-17-12-18(8-9-19(17)27-4)24-21-23-16(2)11-20(22-3)25-21/h8-9,11-12,15H,5-7,10,13-14H2,1-4H3,(H2,22,23,24,25). The van der Waals surface area contributed by atoms with Crippen LogP contribution in [-0.2, 0) is 6.42 Å².